The predicted octanol–water partition coefficient (Wildman–Crippen LogP) is -1.16. The fourth-order valence-electron chi connectivity index (χ4n) is 0.407. The molecule has 0 spiro atoms. The van der Waals surface area contributed by atoms with Crippen molar-refractivity contribution >= 4 is 11.8 Å². The van der Waals surface area contributed by atoms with Gasteiger partial charge in [-0.15, -0.1) is 0 Å². The van der Waals surface area contributed by atoms with Gasteiger partial charge >= 0.3 is 0 Å². The number of nitrogen functional groups attached to an aromatic ring is 1. The normalized spacial score (nSPS) is 7.73. The zero-order valence-electron chi connectivity index (χ0n) is 6.20. The Hall–Kier alpha value is -1.58. The Kier molecular flexibility index (Phi) is 4.47. The summed E-state index contributed by atoms with van der Waals surface area (Å²) in [6.45, 7) is 0.972. The zero-order valence-corrected chi connectivity index (χ0v) is 6.20. The molecule has 0 fully saturated rings. The van der Waals surface area contributed by atoms with E-state index in [1.807, 2.05) is 12.1 Å². The van der Waals surface area contributed by atoms with Crippen LogP contribution in [0.1, 0.15) is 6.92 Å². The lowest BCUT2D eigenvalue weighted by atomic mass is 10.5. The highest BCUT2D eigenvalue weighted by Crippen LogP contribution is 1.83. The van der Waals surface area contributed by atoms with Gasteiger partial charge in [0.15, 0.2) is 0 Å². The van der Waals surface area contributed by atoms with Crippen LogP contribution >= 0.6 is 0 Å². The van der Waals surface area contributed by atoms with E-state index in [0.29, 0.717) is 5.82 Å². The first-order chi connectivity index (χ1) is 5.13. The van der Waals surface area contributed by atoms with Gasteiger partial charge in [0.25, 0.3) is 5.82 Å². The molecule has 3 N–H and O–H groups in total. The molecule has 4 nitrogen and oxygen atoms in total. The van der Waals surface area contributed by atoms with Gasteiger partial charge in [-0.05, 0) is 13.0 Å². The molecule has 0 bridgehead atoms. The van der Waals surface area contributed by atoms with Gasteiger partial charge in [-0.25, -0.2) is 4.98 Å². The van der Waals surface area contributed by atoms with Crippen molar-refractivity contribution < 1.29 is 14.9 Å². The molecule has 1 aromatic heterocycles. The number of aromatic nitrogens is 1. The predicted molar refractivity (Wildman–Crippen MR) is 38.1 cm³/mol. The number of carboxylic acids is 1. The fraction of sp³-hybridized carbons (Fsp3) is 0.143. The molecule has 4 heteroatoms. The number of nitrogens with two attached hydrogens (primary N) is 1. The van der Waals surface area contributed by atoms with Crippen molar-refractivity contribution in [1.29, 1.82) is 0 Å². The molecule has 1 heterocycles. The number of rotatable bonds is 0. The molecular weight excluding hydrogens is 144 g/mol. The van der Waals surface area contributed by atoms with Crippen LogP contribution in [0.15, 0.2) is 24.4 Å². The quantitative estimate of drug-likeness (QED) is 0.511. The number of carbonyl (C=O) groups excluding carboxylic acids is 1. The van der Waals surface area contributed by atoms with Crippen LogP contribution in [0.2, 0.25) is 0 Å². The first kappa shape index (κ1) is 9.42. The Bertz CT molecular complexity index is 207. The summed E-state index contributed by atoms with van der Waals surface area (Å²) in [5, 5.41) is 8.89. The minimum atomic E-state index is -1.08. The lowest BCUT2D eigenvalue weighted by Gasteiger charge is -1.77. The van der Waals surface area contributed by atoms with Gasteiger partial charge in [-0.2, -0.15) is 0 Å². The van der Waals surface area contributed by atoms with Gasteiger partial charge in [0.05, 0.1) is 6.20 Å². The number of aromatic amines is 1. The van der Waals surface area contributed by atoms with E-state index in [-0.39, 0.29) is 0 Å². The van der Waals surface area contributed by atoms with E-state index < -0.39 is 5.97 Å². The molecule has 0 radical (unpaired) electrons. The highest BCUT2D eigenvalue weighted by atomic mass is 16.4. The third-order valence-corrected chi connectivity index (χ3v) is 0.733. The van der Waals surface area contributed by atoms with Crippen molar-refractivity contribution in [3.63, 3.8) is 0 Å². The summed E-state index contributed by atoms with van der Waals surface area (Å²) in [5.74, 6) is -0.387. The lowest BCUT2D eigenvalue weighted by Crippen LogP contribution is -2.16. The summed E-state index contributed by atoms with van der Waals surface area (Å²) in [6.07, 6.45) is 1.79. The van der Waals surface area contributed by atoms with Gasteiger partial charge in [-0.3, -0.25) is 5.73 Å². The van der Waals surface area contributed by atoms with Crippen LogP contribution in [0, 0.1) is 0 Å². The fourth-order valence-corrected chi connectivity index (χ4v) is 0.407. The van der Waals surface area contributed by atoms with Crippen molar-refractivity contribution in [3.05, 3.63) is 24.4 Å². The lowest BCUT2D eigenvalue weighted by molar-refractivity contribution is -0.360. The second kappa shape index (κ2) is 5.22. The highest BCUT2D eigenvalue weighted by molar-refractivity contribution is 5.60. The second-order valence-electron chi connectivity index (χ2n) is 1.81. The number of anilines is 1. The summed E-state index contributed by atoms with van der Waals surface area (Å²) < 4.78 is 0. The molecule has 60 valence electrons. The van der Waals surface area contributed by atoms with E-state index in [1.165, 1.54) is 0 Å². The Morgan fingerprint density at radius 3 is 2.36 bits per heavy atom. The molecule has 0 saturated heterocycles. The van der Waals surface area contributed by atoms with Gasteiger partial charge < -0.3 is 9.90 Å². The van der Waals surface area contributed by atoms with E-state index >= 15 is 0 Å². The number of carboxylic acid groups (broad SMARTS) is 1. The monoisotopic (exact) mass is 154 g/mol. The second-order valence-corrected chi connectivity index (χ2v) is 1.81. The van der Waals surface area contributed by atoms with Crippen LogP contribution in [-0.4, -0.2) is 5.97 Å². The summed E-state index contributed by atoms with van der Waals surface area (Å²) in [6, 6.07) is 5.57. The number of pyridine rings is 1. The van der Waals surface area contributed by atoms with Crippen LogP contribution in [0.5, 0.6) is 0 Å². The maximum Gasteiger partial charge on any atom is 0.269 e. The molecule has 0 aliphatic rings. The Balaban J connectivity index is 0.000000218. The Morgan fingerprint density at radius 2 is 2.18 bits per heavy atom. The first-order valence-corrected chi connectivity index (χ1v) is 3.02. The molecule has 0 saturated carbocycles. The van der Waals surface area contributed by atoms with Gasteiger partial charge in [0, 0.05) is 12.0 Å². The number of hydrogen-bond donors (Lipinski definition) is 1. The van der Waals surface area contributed by atoms with Crippen LogP contribution in [0.25, 0.3) is 0 Å². The highest BCUT2D eigenvalue weighted by Gasteiger charge is 1.80. The Morgan fingerprint density at radius 1 is 1.64 bits per heavy atom. The molecule has 0 amide bonds. The number of aliphatic carboxylic acids is 1. The van der Waals surface area contributed by atoms with Gasteiger partial charge in [0.2, 0.25) is 0 Å². The van der Waals surface area contributed by atoms with Crippen molar-refractivity contribution in [2.75, 3.05) is 5.73 Å². The number of carbonyl (C=O) groups is 1. The van der Waals surface area contributed by atoms with Gasteiger partial charge in [-0.1, -0.05) is 6.07 Å². The summed E-state index contributed by atoms with van der Waals surface area (Å²) >= 11 is 0. The van der Waals surface area contributed by atoms with E-state index in [0.717, 1.165) is 6.92 Å². The maximum absolute atomic E-state index is 8.89. The smallest absolute Gasteiger partial charge is 0.269 e. The average Bonchev–Trinajstić information content (AvgIpc) is 1.87. The van der Waals surface area contributed by atoms with Crippen LogP contribution in [0.3, 0.4) is 0 Å². The molecule has 1 aromatic rings. The Labute approximate surface area is 64.7 Å². The third-order valence-electron chi connectivity index (χ3n) is 0.733. The van der Waals surface area contributed by atoms with Crippen molar-refractivity contribution in [1.82, 2.24) is 0 Å². The minimum absolute atomic E-state index is 0.697. The topological polar surface area (TPSA) is 80.3 Å². The van der Waals surface area contributed by atoms with E-state index in [4.69, 9.17) is 15.6 Å². The SMILES string of the molecule is CC(=O)[O-].Nc1cccc[nH+]1. The summed E-state index contributed by atoms with van der Waals surface area (Å²) in [5.41, 5.74) is 5.30. The molecule has 0 atom stereocenters. The third kappa shape index (κ3) is 8.42. The van der Waals surface area contributed by atoms with Crippen LogP contribution in [-0.2, 0) is 4.79 Å². The van der Waals surface area contributed by atoms with Gasteiger partial charge in [0.1, 0.15) is 0 Å². The van der Waals surface area contributed by atoms with Crippen molar-refractivity contribution in [3.8, 4) is 0 Å². The molecule has 0 aliphatic heterocycles. The molecule has 0 aliphatic carbocycles. The maximum atomic E-state index is 8.89. The number of nitrogens with one attached hydrogen (secondary N) is 1. The van der Waals surface area contributed by atoms with E-state index in [9.17, 15) is 0 Å². The zero-order chi connectivity index (χ0) is 8.69. The largest absolute Gasteiger partial charge is 0.550 e. The molecule has 1 rings (SSSR count). The van der Waals surface area contributed by atoms with Crippen LogP contribution < -0.4 is 15.8 Å². The average molecular weight is 154 g/mol. The first-order valence-electron chi connectivity index (χ1n) is 3.02. The van der Waals surface area contributed by atoms with E-state index in [2.05, 4.69) is 4.98 Å². The summed E-state index contributed by atoms with van der Waals surface area (Å²) in [7, 11) is 0. The van der Waals surface area contributed by atoms with Crippen molar-refractivity contribution in [2.45, 2.75) is 6.92 Å². The van der Waals surface area contributed by atoms with E-state index in [1.54, 1.807) is 12.3 Å². The van der Waals surface area contributed by atoms with Crippen molar-refractivity contribution in [2.24, 2.45) is 0 Å². The van der Waals surface area contributed by atoms with Crippen LogP contribution in [0.4, 0.5) is 5.82 Å². The standard InChI is InChI=1S/C5H6N2.C2H4O2/c6-5-3-1-2-4-7-5;1-2(3)4/h1-4H,(H2,6,7);1H3,(H,3,4). The number of H-pyrrole nitrogens is 1. The summed E-state index contributed by atoms with van der Waals surface area (Å²) in [4.78, 5) is 11.7. The molecule has 0 aromatic carbocycles. The molecule has 0 unspecified atom stereocenters. The minimum Gasteiger partial charge on any atom is -0.550 e. The number of hydrogen-bond acceptors (Lipinski definition) is 3. The molecular formula is C7H10N2O2. The molecule has 11 heavy (non-hydrogen) atoms.